The molecule has 2 aliphatic rings. The molecule has 5 nitrogen and oxygen atoms in total. The zero-order valence-corrected chi connectivity index (χ0v) is 13.4. The smallest absolute Gasteiger partial charge is 0.255 e. The van der Waals surface area contributed by atoms with Gasteiger partial charge in [-0.15, -0.1) is 0 Å². The van der Waals surface area contributed by atoms with Gasteiger partial charge in [0.25, 0.3) is 11.8 Å². The molecule has 1 aromatic rings. The van der Waals surface area contributed by atoms with Crippen LogP contribution in [0.5, 0.6) is 5.75 Å². The molecule has 1 spiro atoms. The molecule has 23 heavy (non-hydrogen) atoms. The third kappa shape index (κ3) is 3.66. The number of benzene rings is 1. The molecule has 0 bridgehead atoms. The van der Waals surface area contributed by atoms with E-state index in [0.29, 0.717) is 16.7 Å². The fourth-order valence-electron chi connectivity index (χ4n) is 3.85. The summed E-state index contributed by atoms with van der Waals surface area (Å²) in [4.78, 5) is 25.4. The van der Waals surface area contributed by atoms with Crippen LogP contribution in [0.15, 0.2) is 24.3 Å². The van der Waals surface area contributed by atoms with Crippen LogP contribution in [0.25, 0.3) is 0 Å². The number of rotatable bonds is 4. The normalized spacial score (nSPS) is 19.7. The van der Waals surface area contributed by atoms with Crippen molar-refractivity contribution in [3.63, 3.8) is 0 Å². The second-order valence-corrected chi connectivity index (χ2v) is 6.82. The largest absolute Gasteiger partial charge is 0.484 e. The van der Waals surface area contributed by atoms with Gasteiger partial charge in [0.15, 0.2) is 6.61 Å². The van der Waals surface area contributed by atoms with Crippen molar-refractivity contribution < 1.29 is 14.3 Å². The first kappa shape index (κ1) is 15.8. The Morgan fingerprint density at radius 2 is 1.78 bits per heavy atom. The molecule has 0 aromatic heterocycles. The summed E-state index contributed by atoms with van der Waals surface area (Å²) < 4.78 is 5.22. The van der Waals surface area contributed by atoms with Crippen LogP contribution in [-0.2, 0) is 4.79 Å². The minimum Gasteiger partial charge on any atom is -0.484 e. The molecule has 1 saturated heterocycles. The predicted molar refractivity (Wildman–Crippen MR) is 87.2 cm³/mol. The molecule has 1 saturated carbocycles. The average molecular weight is 316 g/mol. The summed E-state index contributed by atoms with van der Waals surface area (Å²) >= 11 is 0. The number of carbonyl (C=O) groups is 2. The fourth-order valence-corrected chi connectivity index (χ4v) is 3.85. The number of hydrogen-bond donors (Lipinski definition) is 1. The molecule has 2 amide bonds. The van der Waals surface area contributed by atoms with Gasteiger partial charge in [0.1, 0.15) is 5.75 Å². The van der Waals surface area contributed by atoms with Crippen molar-refractivity contribution in [3.05, 3.63) is 29.8 Å². The zero-order chi connectivity index (χ0) is 16.3. The maximum Gasteiger partial charge on any atom is 0.255 e. The predicted octanol–water partition coefficient (Wildman–Crippen LogP) is 2.35. The van der Waals surface area contributed by atoms with Gasteiger partial charge in [-0.2, -0.15) is 0 Å². The second-order valence-electron chi connectivity index (χ2n) is 6.82. The van der Waals surface area contributed by atoms with Crippen molar-refractivity contribution in [2.75, 3.05) is 19.7 Å². The number of carbonyl (C=O) groups excluding carboxylic acids is 2. The number of hydrogen-bond acceptors (Lipinski definition) is 3. The van der Waals surface area contributed by atoms with E-state index in [-0.39, 0.29) is 12.5 Å². The average Bonchev–Trinajstić information content (AvgIpc) is 2.97. The lowest BCUT2D eigenvalue weighted by Crippen LogP contribution is -2.33. The van der Waals surface area contributed by atoms with Crippen LogP contribution in [0, 0.1) is 5.41 Å². The van der Waals surface area contributed by atoms with Gasteiger partial charge < -0.3 is 15.4 Å². The van der Waals surface area contributed by atoms with E-state index >= 15 is 0 Å². The van der Waals surface area contributed by atoms with Gasteiger partial charge in [0, 0.05) is 18.7 Å². The first-order valence-electron chi connectivity index (χ1n) is 8.38. The van der Waals surface area contributed by atoms with Crippen LogP contribution in [-0.4, -0.2) is 36.4 Å². The van der Waals surface area contributed by atoms with Gasteiger partial charge in [0.2, 0.25) is 0 Å². The van der Waals surface area contributed by atoms with Crippen molar-refractivity contribution in [3.8, 4) is 5.75 Å². The first-order chi connectivity index (χ1) is 11.1. The van der Waals surface area contributed by atoms with Gasteiger partial charge in [-0.25, -0.2) is 0 Å². The number of primary amides is 1. The van der Waals surface area contributed by atoms with Crippen LogP contribution in [0.3, 0.4) is 0 Å². The zero-order valence-electron chi connectivity index (χ0n) is 13.4. The molecule has 1 aliphatic carbocycles. The first-order valence-corrected chi connectivity index (χ1v) is 8.38. The van der Waals surface area contributed by atoms with Crippen molar-refractivity contribution >= 4 is 11.8 Å². The van der Waals surface area contributed by atoms with Crippen molar-refractivity contribution in [1.82, 2.24) is 4.90 Å². The van der Waals surface area contributed by atoms with Gasteiger partial charge in [-0.3, -0.25) is 9.59 Å². The molecular weight excluding hydrogens is 292 g/mol. The molecule has 1 heterocycles. The molecule has 0 atom stereocenters. The number of ether oxygens (including phenoxy) is 1. The van der Waals surface area contributed by atoms with Crippen LogP contribution in [0.2, 0.25) is 0 Å². The maximum absolute atomic E-state index is 12.7. The Labute approximate surface area is 136 Å². The van der Waals surface area contributed by atoms with E-state index < -0.39 is 5.91 Å². The topological polar surface area (TPSA) is 72.6 Å². The third-order valence-corrected chi connectivity index (χ3v) is 5.12. The monoisotopic (exact) mass is 316 g/mol. The van der Waals surface area contributed by atoms with Crippen LogP contribution < -0.4 is 10.5 Å². The second kappa shape index (κ2) is 6.60. The standard InChI is InChI=1S/C18H24N2O3/c19-16(21)12-23-15-6-4-14(5-7-15)17(22)20-11-10-18(13-20)8-2-1-3-9-18/h4-7H,1-3,8-13H2,(H2,19,21). The quantitative estimate of drug-likeness (QED) is 0.926. The van der Waals surface area contributed by atoms with Crippen molar-refractivity contribution in [2.24, 2.45) is 11.1 Å². The summed E-state index contributed by atoms with van der Waals surface area (Å²) in [7, 11) is 0. The summed E-state index contributed by atoms with van der Waals surface area (Å²) in [6.07, 6.45) is 7.59. The molecule has 1 aliphatic heterocycles. The molecule has 3 rings (SSSR count). The Hall–Kier alpha value is -2.04. The molecule has 2 N–H and O–H groups in total. The lowest BCUT2D eigenvalue weighted by Gasteiger charge is -2.33. The number of nitrogens with zero attached hydrogens (tertiary/aromatic N) is 1. The summed E-state index contributed by atoms with van der Waals surface area (Å²) in [5, 5.41) is 0. The number of nitrogens with two attached hydrogens (primary N) is 1. The van der Waals surface area contributed by atoms with Crippen LogP contribution >= 0.6 is 0 Å². The highest BCUT2D eigenvalue weighted by Gasteiger charge is 2.40. The number of amides is 2. The highest BCUT2D eigenvalue weighted by molar-refractivity contribution is 5.94. The highest BCUT2D eigenvalue weighted by atomic mass is 16.5. The van der Waals surface area contributed by atoms with Crippen molar-refractivity contribution in [2.45, 2.75) is 38.5 Å². The van der Waals surface area contributed by atoms with Crippen molar-refractivity contribution in [1.29, 1.82) is 0 Å². The molecule has 0 unspecified atom stereocenters. The fraction of sp³-hybridized carbons (Fsp3) is 0.556. The minimum absolute atomic E-state index is 0.0916. The lowest BCUT2D eigenvalue weighted by molar-refractivity contribution is -0.119. The van der Waals surface area contributed by atoms with Gasteiger partial charge in [-0.1, -0.05) is 19.3 Å². The van der Waals surface area contributed by atoms with E-state index in [0.717, 1.165) is 19.5 Å². The molecule has 2 fully saturated rings. The van der Waals surface area contributed by atoms with E-state index in [2.05, 4.69) is 0 Å². The third-order valence-electron chi connectivity index (χ3n) is 5.12. The molecule has 124 valence electrons. The summed E-state index contributed by atoms with van der Waals surface area (Å²) in [5.41, 5.74) is 6.09. The molecule has 0 radical (unpaired) electrons. The van der Waals surface area contributed by atoms with Gasteiger partial charge in [0.05, 0.1) is 0 Å². The summed E-state index contributed by atoms with van der Waals surface area (Å²) in [6, 6.07) is 6.93. The Bertz CT molecular complexity index is 576. The Morgan fingerprint density at radius 1 is 1.09 bits per heavy atom. The SMILES string of the molecule is NC(=O)COc1ccc(C(=O)N2CCC3(CCCCC3)C2)cc1. The van der Waals surface area contributed by atoms with E-state index in [1.165, 1.54) is 32.1 Å². The molecular formula is C18H24N2O3. The van der Waals surface area contributed by atoms with Crippen LogP contribution in [0.4, 0.5) is 0 Å². The van der Waals surface area contributed by atoms with E-state index in [1.807, 2.05) is 4.90 Å². The van der Waals surface area contributed by atoms with Gasteiger partial charge >= 0.3 is 0 Å². The molecule has 1 aromatic carbocycles. The Balaban J connectivity index is 1.61. The summed E-state index contributed by atoms with van der Waals surface area (Å²) in [5.74, 6) is 0.124. The lowest BCUT2D eigenvalue weighted by atomic mass is 9.73. The highest BCUT2D eigenvalue weighted by Crippen LogP contribution is 2.43. The Morgan fingerprint density at radius 3 is 2.43 bits per heavy atom. The summed E-state index contributed by atoms with van der Waals surface area (Å²) in [6.45, 7) is 1.60. The van der Waals surface area contributed by atoms with E-state index in [4.69, 9.17) is 10.5 Å². The minimum atomic E-state index is -0.514. The van der Waals surface area contributed by atoms with E-state index in [1.54, 1.807) is 24.3 Å². The van der Waals surface area contributed by atoms with Gasteiger partial charge in [-0.05, 0) is 48.9 Å². The van der Waals surface area contributed by atoms with E-state index in [9.17, 15) is 9.59 Å². The number of likely N-dealkylation sites (tertiary alicyclic amines) is 1. The maximum atomic E-state index is 12.7. The Kier molecular flexibility index (Phi) is 4.55. The van der Waals surface area contributed by atoms with Crippen LogP contribution in [0.1, 0.15) is 48.9 Å². The molecule has 5 heteroatoms.